The molecule has 1 aromatic carbocycles. The van der Waals surface area contributed by atoms with Crippen LogP contribution in [0.3, 0.4) is 0 Å². The van der Waals surface area contributed by atoms with E-state index in [-0.39, 0.29) is 0 Å². The number of rotatable bonds is 4. The van der Waals surface area contributed by atoms with Gasteiger partial charge < -0.3 is 14.8 Å². The van der Waals surface area contributed by atoms with Crippen LogP contribution >= 0.6 is 15.9 Å². The topological polar surface area (TPSA) is 47.6 Å². The van der Waals surface area contributed by atoms with Crippen molar-refractivity contribution in [1.82, 2.24) is 5.32 Å². The molecule has 0 aliphatic carbocycles. The van der Waals surface area contributed by atoms with Gasteiger partial charge in [0, 0.05) is 11.0 Å². The molecule has 0 saturated heterocycles. The zero-order chi connectivity index (χ0) is 12.0. The summed E-state index contributed by atoms with van der Waals surface area (Å²) in [6.07, 6.45) is 0.270. The maximum absolute atomic E-state index is 10.8. The Bertz CT molecular complexity index is 368. The smallest absolute Gasteiger partial charge is 0.406 e. The molecule has 0 aromatic heterocycles. The summed E-state index contributed by atoms with van der Waals surface area (Å²) in [7, 11) is 2.97. The molecule has 0 spiro atoms. The lowest BCUT2D eigenvalue weighted by molar-refractivity contribution is 0.171. The summed E-state index contributed by atoms with van der Waals surface area (Å²) in [5.41, 5.74) is 1.04. The minimum atomic E-state index is -0.422. The molecule has 5 heteroatoms. The summed E-state index contributed by atoms with van der Waals surface area (Å²) in [6.45, 7) is 0.513. The first-order chi connectivity index (χ1) is 7.67. The third kappa shape index (κ3) is 3.73. The van der Waals surface area contributed by atoms with Crippen LogP contribution in [0.1, 0.15) is 5.56 Å². The van der Waals surface area contributed by atoms with Crippen molar-refractivity contribution in [3.8, 4) is 5.75 Å². The Morgan fingerprint density at radius 2 is 2.19 bits per heavy atom. The number of ether oxygens (including phenoxy) is 2. The summed E-state index contributed by atoms with van der Waals surface area (Å²) in [6, 6.07) is 5.77. The van der Waals surface area contributed by atoms with Crippen LogP contribution in [0.15, 0.2) is 22.7 Å². The Labute approximate surface area is 103 Å². The summed E-state index contributed by atoms with van der Waals surface area (Å²) in [5.74, 6) is 0.815. The van der Waals surface area contributed by atoms with Crippen LogP contribution in [-0.4, -0.2) is 26.9 Å². The van der Waals surface area contributed by atoms with E-state index in [4.69, 9.17) is 4.74 Å². The number of carbonyl (C=O) groups is 1. The van der Waals surface area contributed by atoms with Crippen molar-refractivity contribution in [3.63, 3.8) is 0 Å². The fourth-order valence-corrected chi connectivity index (χ4v) is 1.72. The number of methoxy groups -OCH3 is 2. The Balaban J connectivity index is 2.58. The first-order valence-corrected chi connectivity index (χ1v) is 5.61. The maximum atomic E-state index is 10.8. The fourth-order valence-electron chi connectivity index (χ4n) is 1.31. The molecule has 0 bridgehead atoms. The van der Waals surface area contributed by atoms with E-state index in [9.17, 15) is 4.79 Å². The molecular weight excluding hydrogens is 274 g/mol. The number of halogens is 1. The van der Waals surface area contributed by atoms with Gasteiger partial charge in [0.1, 0.15) is 5.75 Å². The number of hydrogen-bond acceptors (Lipinski definition) is 3. The maximum Gasteiger partial charge on any atom is 0.406 e. The number of hydrogen-bond donors (Lipinski definition) is 1. The summed E-state index contributed by atoms with van der Waals surface area (Å²) in [4.78, 5) is 10.8. The van der Waals surface area contributed by atoms with Gasteiger partial charge in [0.25, 0.3) is 0 Å². The zero-order valence-electron chi connectivity index (χ0n) is 9.25. The number of benzene rings is 1. The number of amides is 1. The number of alkyl carbamates (subject to hydrolysis) is 1. The van der Waals surface area contributed by atoms with Gasteiger partial charge in [-0.05, 0) is 30.2 Å². The molecule has 0 aliphatic heterocycles. The van der Waals surface area contributed by atoms with E-state index in [2.05, 4.69) is 26.0 Å². The average molecular weight is 288 g/mol. The standard InChI is InChI=1S/C11H14BrNO3/c1-15-10-4-3-9(12)7-8(10)5-6-13-11(14)16-2/h3-4,7H,5-6H2,1-2H3,(H,13,14). The minimum Gasteiger partial charge on any atom is -0.496 e. The Hall–Kier alpha value is -1.23. The molecular formula is C11H14BrNO3. The monoisotopic (exact) mass is 287 g/mol. The van der Waals surface area contributed by atoms with Crippen LogP contribution in [0, 0.1) is 0 Å². The van der Waals surface area contributed by atoms with Crippen molar-refractivity contribution < 1.29 is 14.3 Å². The SMILES string of the molecule is COC(=O)NCCc1cc(Br)ccc1OC. The van der Waals surface area contributed by atoms with Crippen LogP contribution in [0.25, 0.3) is 0 Å². The highest BCUT2D eigenvalue weighted by molar-refractivity contribution is 9.10. The van der Waals surface area contributed by atoms with Gasteiger partial charge in [-0.25, -0.2) is 4.79 Å². The molecule has 0 saturated carbocycles. The molecule has 1 aromatic rings. The van der Waals surface area contributed by atoms with Crippen molar-refractivity contribution in [2.75, 3.05) is 20.8 Å². The highest BCUT2D eigenvalue weighted by Crippen LogP contribution is 2.22. The fraction of sp³-hybridized carbons (Fsp3) is 0.364. The normalized spacial score (nSPS) is 9.69. The third-order valence-corrected chi connectivity index (χ3v) is 2.58. The lowest BCUT2D eigenvalue weighted by Crippen LogP contribution is -2.25. The molecule has 1 N–H and O–H groups in total. The highest BCUT2D eigenvalue weighted by atomic mass is 79.9. The van der Waals surface area contributed by atoms with E-state index < -0.39 is 6.09 Å². The highest BCUT2D eigenvalue weighted by Gasteiger charge is 2.04. The van der Waals surface area contributed by atoms with Crippen LogP contribution in [0.2, 0.25) is 0 Å². The predicted molar refractivity (Wildman–Crippen MR) is 64.8 cm³/mol. The van der Waals surface area contributed by atoms with Gasteiger partial charge in [0.2, 0.25) is 0 Å². The van der Waals surface area contributed by atoms with E-state index in [1.54, 1.807) is 7.11 Å². The molecule has 1 amide bonds. The summed E-state index contributed by atoms with van der Waals surface area (Å²) in [5, 5.41) is 2.62. The zero-order valence-corrected chi connectivity index (χ0v) is 10.8. The third-order valence-electron chi connectivity index (χ3n) is 2.09. The Morgan fingerprint density at radius 1 is 1.44 bits per heavy atom. The van der Waals surface area contributed by atoms with E-state index in [0.717, 1.165) is 15.8 Å². The van der Waals surface area contributed by atoms with Gasteiger partial charge in [0.05, 0.1) is 14.2 Å². The van der Waals surface area contributed by atoms with E-state index in [1.165, 1.54) is 7.11 Å². The first kappa shape index (κ1) is 12.8. The first-order valence-electron chi connectivity index (χ1n) is 4.81. The molecule has 1 rings (SSSR count). The van der Waals surface area contributed by atoms with Crippen molar-refractivity contribution in [3.05, 3.63) is 28.2 Å². The van der Waals surface area contributed by atoms with Crippen LogP contribution in [0.5, 0.6) is 5.75 Å². The van der Waals surface area contributed by atoms with Gasteiger partial charge in [-0.3, -0.25) is 0 Å². The predicted octanol–water partition coefficient (Wildman–Crippen LogP) is 2.36. The molecule has 0 unspecified atom stereocenters. The molecule has 16 heavy (non-hydrogen) atoms. The summed E-state index contributed by atoms with van der Waals surface area (Å²) >= 11 is 3.39. The van der Waals surface area contributed by atoms with E-state index in [1.807, 2.05) is 18.2 Å². The van der Waals surface area contributed by atoms with Crippen LogP contribution < -0.4 is 10.1 Å². The number of carbonyl (C=O) groups excluding carboxylic acids is 1. The largest absolute Gasteiger partial charge is 0.496 e. The number of nitrogens with one attached hydrogen (secondary N) is 1. The molecule has 4 nitrogen and oxygen atoms in total. The second-order valence-corrected chi connectivity index (χ2v) is 4.04. The summed E-state index contributed by atoms with van der Waals surface area (Å²) < 4.78 is 10.7. The Morgan fingerprint density at radius 3 is 2.81 bits per heavy atom. The molecule has 0 heterocycles. The quantitative estimate of drug-likeness (QED) is 0.925. The van der Waals surface area contributed by atoms with Gasteiger partial charge in [-0.15, -0.1) is 0 Å². The van der Waals surface area contributed by atoms with Gasteiger partial charge >= 0.3 is 6.09 Å². The minimum absolute atomic E-state index is 0.422. The average Bonchev–Trinajstić information content (AvgIpc) is 2.29. The lowest BCUT2D eigenvalue weighted by atomic mass is 10.1. The molecule has 0 radical (unpaired) electrons. The Kier molecular flexibility index (Phi) is 5.11. The van der Waals surface area contributed by atoms with Gasteiger partial charge in [0.15, 0.2) is 0 Å². The second kappa shape index (κ2) is 6.37. The van der Waals surface area contributed by atoms with E-state index >= 15 is 0 Å². The van der Waals surface area contributed by atoms with Crippen molar-refractivity contribution in [1.29, 1.82) is 0 Å². The molecule has 88 valence electrons. The molecule has 0 atom stereocenters. The van der Waals surface area contributed by atoms with Gasteiger partial charge in [-0.2, -0.15) is 0 Å². The lowest BCUT2D eigenvalue weighted by Gasteiger charge is -2.09. The second-order valence-electron chi connectivity index (χ2n) is 3.12. The van der Waals surface area contributed by atoms with Crippen molar-refractivity contribution in [2.24, 2.45) is 0 Å². The van der Waals surface area contributed by atoms with Crippen molar-refractivity contribution in [2.45, 2.75) is 6.42 Å². The molecule has 0 fully saturated rings. The van der Waals surface area contributed by atoms with Crippen molar-refractivity contribution >= 4 is 22.0 Å². The van der Waals surface area contributed by atoms with Gasteiger partial charge in [-0.1, -0.05) is 15.9 Å². The van der Waals surface area contributed by atoms with E-state index in [0.29, 0.717) is 13.0 Å². The van der Waals surface area contributed by atoms with Crippen LogP contribution in [-0.2, 0) is 11.2 Å². The van der Waals surface area contributed by atoms with Crippen LogP contribution in [0.4, 0.5) is 4.79 Å². The molecule has 0 aliphatic rings.